The third-order valence-electron chi connectivity index (χ3n) is 2.80. The van der Waals surface area contributed by atoms with E-state index in [9.17, 15) is 13.2 Å². The Kier molecular flexibility index (Phi) is 3.36. The van der Waals surface area contributed by atoms with Crippen LogP contribution in [0.5, 0.6) is 5.75 Å². The molecule has 0 N–H and O–H groups in total. The van der Waals surface area contributed by atoms with E-state index in [1.165, 1.54) is 43.5 Å². The SMILES string of the molecule is COc1ccc([C@@H](c2ccc[cH-]2)C(F)(F)F)cc1. The first-order valence-corrected chi connectivity index (χ1v) is 5.44. The highest BCUT2D eigenvalue weighted by molar-refractivity contribution is 5.37. The maximum absolute atomic E-state index is 13.1. The van der Waals surface area contributed by atoms with Crippen LogP contribution in [0.1, 0.15) is 17.0 Å². The van der Waals surface area contributed by atoms with Gasteiger partial charge in [-0.1, -0.05) is 12.1 Å². The van der Waals surface area contributed by atoms with Gasteiger partial charge in [0.15, 0.2) is 0 Å². The van der Waals surface area contributed by atoms with Crippen molar-refractivity contribution in [3.8, 4) is 5.75 Å². The fourth-order valence-corrected chi connectivity index (χ4v) is 1.95. The molecule has 0 heterocycles. The van der Waals surface area contributed by atoms with Crippen molar-refractivity contribution >= 4 is 0 Å². The van der Waals surface area contributed by atoms with Gasteiger partial charge in [0.25, 0.3) is 0 Å². The molecule has 4 heteroatoms. The number of ether oxygens (including phenoxy) is 1. The molecule has 0 aromatic heterocycles. The van der Waals surface area contributed by atoms with Crippen molar-refractivity contribution in [2.75, 3.05) is 7.11 Å². The van der Waals surface area contributed by atoms with E-state index >= 15 is 0 Å². The lowest BCUT2D eigenvalue weighted by atomic mass is 9.92. The molecule has 0 spiro atoms. The number of hydrogen-bond acceptors (Lipinski definition) is 1. The van der Waals surface area contributed by atoms with Gasteiger partial charge in [-0.2, -0.15) is 30.9 Å². The van der Waals surface area contributed by atoms with Gasteiger partial charge in [-0.25, -0.2) is 12.1 Å². The molecule has 2 aromatic rings. The van der Waals surface area contributed by atoms with Crippen LogP contribution in [0.4, 0.5) is 13.2 Å². The number of hydrogen-bond donors (Lipinski definition) is 0. The Balaban J connectivity index is 2.40. The van der Waals surface area contributed by atoms with Crippen LogP contribution in [0.25, 0.3) is 0 Å². The van der Waals surface area contributed by atoms with Crippen LogP contribution >= 0.6 is 0 Å². The zero-order chi connectivity index (χ0) is 13.2. The third kappa shape index (κ3) is 2.53. The summed E-state index contributed by atoms with van der Waals surface area (Å²) in [4.78, 5) is 0. The molecule has 0 radical (unpaired) electrons. The molecule has 0 unspecified atom stereocenters. The Bertz CT molecular complexity index is 483. The summed E-state index contributed by atoms with van der Waals surface area (Å²) in [6.45, 7) is 0. The maximum atomic E-state index is 13.1. The minimum Gasteiger partial charge on any atom is -0.497 e. The topological polar surface area (TPSA) is 9.23 Å². The molecule has 2 rings (SSSR count). The average molecular weight is 253 g/mol. The maximum Gasteiger partial charge on any atom is 0.397 e. The zero-order valence-electron chi connectivity index (χ0n) is 9.74. The third-order valence-corrected chi connectivity index (χ3v) is 2.80. The van der Waals surface area contributed by atoms with E-state index in [1.54, 1.807) is 12.1 Å². The lowest BCUT2D eigenvalue weighted by Crippen LogP contribution is -2.21. The van der Waals surface area contributed by atoms with Crippen molar-refractivity contribution < 1.29 is 17.9 Å². The Labute approximate surface area is 103 Å². The van der Waals surface area contributed by atoms with E-state index in [1.807, 2.05) is 0 Å². The van der Waals surface area contributed by atoms with Crippen molar-refractivity contribution in [1.29, 1.82) is 0 Å². The summed E-state index contributed by atoms with van der Waals surface area (Å²) in [5.41, 5.74) is 0.474. The molecule has 0 bridgehead atoms. The van der Waals surface area contributed by atoms with E-state index in [2.05, 4.69) is 0 Å². The molecule has 0 aliphatic carbocycles. The number of alkyl halides is 3. The molecule has 1 atom stereocenters. The molecule has 1 nitrogen and oxygen atoms in total. The van der Waals surface area contributed by atoms with Crippen LogP contribution < -0.4 is 4.74 Å². The van der Waals surface area contributed by atoms with Crippen molar-refractivity contribution in [2.24, 2.45) is 0 Å². The van der Waals surface area contributed by atoms with Gasteiger partial charge in [-0.3, -0.25) is 0 Å². The van der Waals surface area contributed by atoms with Gasteiger partial charge >= 0.3 is 6.18 Å². The van der Waals surface area contributed by atoms with Crippen LogP contribution in [-0.2, 0) is 0 Å². The van der Waals surface area contributed by atoms with Crippen LogP contribution in [-0.4, -0.2) is 13.3 Å². The van der Waals surface area contributed by atoms with E-state index in [0.29, 0.717) is 5.75 Å². The number of benzene rings is 1. The molecular weight excluding hydrogens is 241 g/mol. The second-order valence-corrected chi connectivity index (χ2v) is 3.97. The Morgan fingerprint density at radius 3 is 2.22 bits per heavy atom. The van der Waals surface area contributed by atoms with E-state index in [0.717, 1.165) is 0 Å². The fourth-order valence-electron chi connectivity index (χ4n) is 1.95. The van der Waals surface area contributed by atoms with Crippen LogP contribution in [0.15, 0.2) is 48.5 Å². The molecule has 0 fully saturated rings. The van der Waals surface area contributed by atoms with Gasteiger partial charge in [0.1, 0.15) is 5.75 Å². The lowest BCUT2D eigenvalue weighted by molar-refractivity contribution is -0.141. The van der Waals surface area contributed by atoms with Crippen molar-refractivity contribution in [3.05, 3.63) is 59.7 Å². The summed E-state index contributed by atoms with van der Waals surface area (Å²) >= 11 is 0. The first kappa shape index (κ1) is 12.6. The number of halogens is 3. The Hall–Kier alpha value is -1.84. The molecule has 0 aliphatic heterocycles. The molecule has 18 heavy (non-hydrogen) atoms. The van der Waals surface area contributed by atoms with E-state index in [-0.39, 0.29) is 11.1 Å². The second-order valence-electron chi connectivity index (χ2n) is 3.97. The fraction of sp³-hybridized carbons (Fsp3) is 0.214. The molecule has 96 valence electrons. The Morgan fingerprint density at radius 1 is 1.11 bits per heavy atom. The van der Waals surface area contributed by atoms with Gasteiger partial charge in [-0.15, -0.1) is 0 Å². The predicted molar refractivity (Wildman–Crippen MR) is 62.9 cm³/mol. The monoisotopic (exact) mass is 253 g/mol. The van der Waals surface area contributed by atoms with E-state index in [4.69, 9.17) is 4.74 Å². The highest BCUT2D eigenvalue weighted by Crippen LogP contribution is 2.40. The highest BCUT2D eigenvalue weighted by Gasteiger charge is 2.39. The molecule has 0 saturated heterocycles. The minimum atomic E-state index is -4.30. The summed E-state index contributed by atoms with van der Waals surface area (Å²) < 4.78 is 44.3. The van der Waals surface area contributed by atoms with Gasteiger partial charge < -0.3 is 4.74 Å². The summed E-state index contributed by atoms with van der Waals surface area (Å²) in [7, 11) is 1.48. The van der Waals surface area contributed by atoms with Gasteiger partial charge in [-0.05, 0) is 17.7 Å². The van der Waals surface area contributed by atoms with Gasteiger partial charge in [0.05, 0.1) is 13.0 Å². The normalized spacial score (nSPS) is 13.3. The summed E-state index contributed by atoms with van der Waals surface area (Å²) in [6, 6.07) is 12.2. The first-order chi connectivity index (χ1) is 8.52. The summed E-state index contributed by atoms with van der Waals surface area (Å²) in [6.07, 6.45) is -4.30. The van der Waals surface area contributed by atoms with Crippen LogP contribution in [0.3, 0.4) is 0 Å². The largest absolute Gasteiger partial charge is 0.497 e. The number of methoxy groups -OCH3 is 1. The number of rotatable bonds is 3. The summed E-state index contributed by atoms with van der Waals surface area (Å²) in [5.74, 6) is -1.04. The second kappa shape index (κ2) is 4.80. The van der Waals surface area contributed by atoms with E-state index < -0.39 is 12.1 Å². The van der Waals surface area contributed by atoms with Crippen molar-refractivity contribution in [1.82, 2.24) is 0 Å². The average Bonchev–Trinajstić information content (AvgIpc) is 2.82. The molecular formula is C14H12F3O-. The zero-order valence-corrected chi connectivity index (χ0v) is 9.74. The minimum absolute atomic E-state index is 0.217. The van der Waals surface area contributed by atoms with Crippen LogP contribution in [0, 0.1) is 0 Å². The van der Waals surface area contributed by atoms with Crippen molar-refractivity contribution in [2.45, 2.75) is 12.1 Å². The first-order valence-electron chi connectivity index (χ1n) is 5.44. The smallest absolute Gasteiger partial charge is 0.397 e. The molecule has 0 aliphatic rings. The van der Waals surface area contributed by atoms with Gasteiger partial charge in [0.2, 0.25) is 0 Å². The predicted octanol–water partition coefficient (Wildman–Crippen LogP) is 4.11. The standard InChI is InChI=1S/C14H12F3O/c1-18-12-8-6-11(7-9-12)13(14(15,16)17)10-4-2-3-5-10/h2-9,13H,1H3/q-1/t13-/m1/s1. The highest BCUT2D eigenvalue weighted by atomic mass is 19.4. The lowest BCUT2D eigenvalue weighted by Gasteiger charge is -2.23. The molecule has 2 aromatic carbocycles. The summed E-state index contributed by atoms with van der Waals surface area (Å²) in [5, 5.41) is 0. The van der Waals surface area contributed by atoms with Crippen LogP contribution in [0.2, 0.25) is 0 Å². The van der Waals surface area contributed by atoms with Crippen molar-refractivity contribution in [3.63, 3.8) is 0 Å². The molecule has 0 saturated carbocycles. The molecule has 0 amide bonds. The van der Waals surface area contributed by atoms with Gasteiger partial charge in [0, 0.05) is 0 Å². The Morgan fingerprint density at radius 2 is 1.78 bits per heavy atom. The quantitative estimate of drug-likeness (QED) is 0.748.